The van der Waals surface area contributed by atoms with Gasteiger partial charge in [-0.25, -0.2) is 0 Å². The highest BCUT2D eigenvalue weighted by atomic mass is 16.5. The number of phenols is 1. The molecule has 0 amide bonds. The van der Waals surface area contributed by atoms with Gasteiger partial charge >= 0.3 is 0 Å². The first-order valence-electron chi connectivity index (χ1n) is 10.6. The van der Waals surface area contributed by atoms with Crippen molar-refractivity contribution < 1.29 is 28.9 Å². The zero-order valence-electron chi connectivity index (χ0n) is 18.8. The van der Waals surface area contributed by atoms with Crippen LogP contribution in [0.4, 0.5) is 0 Å². The lowest BCUT2D eigenvalue weighted by Crippen LogP contribution is -2.02. The molecule has 0 bridgehead atoms. The molecule has 0 heterocycles. The van der Waals surface area contributed by atoms with Crippen molar-refractivity contribution >= 4 is 23.7 Å². The van der Waals surface area contributed by atoms with Gasteiger partial charge in [-0.3, -0.25) is 9.59 Å². The number of methoxy groups -OCH3 is 2. The first-order valence-corrected chi connectivity index (χ1v) is 10.6. The van der Waals surface area contributed by atoms with E-state index in [1.54, 1.807) is 37.5 Å². The highest BCUT2D eigenvalue weighted by Gasteiger charge is 2.07. The maximum absolute atomic E-state index is 12.2. The summed E-state index contributed by atoms with van der Waals surface area (Å²) in [6.45, 7) is 2.77. The number of hydrogen-bond donors (Lipinski definition) is 1. The Morgan fingerprint density at radius 2 is 1.44 bits per heavy atom. The molecular formula is C26H30O6. The number of aromatic hydroxyl groups is 1. The monoisotopic (exact) mass is 438 g/mol. The van der Waals surface area contributed by atoms with Crippen LogP contribution >= 0.6 is 0 Å². The Kier molecular flexibility index (Phi) is 10.0. The molecule has 0 saturated heterocycles. The number of rotatable bonds is 13. The molecule has 6 heteroatoms. The highest BCUT2D eigenvalue weighted by Crippen LogP contribution is 2.29. The third-order valence-corrected chi connectivity index (χ3v) is 4.67. The fourth-order valence-electron chi connectivity index (χ4n) is 2.91. The van der Waals surface area contributed by atoms with Gasteiger partial charge in [0.1, 0.15) is 0 Å². The minimum atomic E-state index is -0.319. The molecular weight excluding hydrogens is 408 g/mol. The predicted molar refractivity (Wildman–Crippen MR) is 125 cm³/mol. The standard InChI is InChI=1S/C26H30O6/c1-4-5-6-15-32-24-14-10-20(17-26(24)31-3)8-12-22(28)18-21(27)11-7-19-9-13-23(29)25(16-19)30-2/h7-14,16-17,29H,4-6,15,18H2,1-3H3/b11-7+,12-8+. The molecule has 0 radical (unpaired) electrons. The van der Waals surface area contributed by atoms with E-state index in [1.807, 2.05) is 12.1 Å². The molecule has 2 rings (SSSR count). The zero-order valence-corrected chi connectivity index (χ0v) is 18.8. The summed E-state index contributed by atoms with van der Waals surface area (Å²) in [5.41, 5.74) is 1.45. The van der Waals surface area contributed by atoms with Gasteiger partial charge in [0.15, 0.2) is 34.6 Å². The molecule has 0 saturated carbocycles. The molecule has 0 unspecified atom stereocenters. The van der Waals surface area contributed by atoms with E-state index in [1.165, 1.54) is 25.3 Å². The van der Waals surface area contributed by atoms with Gasteiger partial charge < -0.3 is 19.3 Å². The van der Waals surface area contributed by atoms with Crippen LogP contribution in [-0.4, -0.2) is 37.5 Å². The second-order valence-corrected chi connectivity index (χ2v) is 7.17. The van der Waals surface area contributed by atoms with Crippen molar-refractivity contribution in [2.45, 2.75) is 32.6 Å². The van der Waals surface area contributed by atoms with E-state index in [0.29, 0.717) is 29.4 Å². The van der Waals surface area contributed by atoms with E-state index in [2.05, 4.69) is 6.92 Å². The molecule has 170 valence electrons. The molecule has 6 nitrogen and oxygen atoms in total. The van der Waals surface area contributed by atoms with E-state index in [4.69, 9.17) is 14.2 Å². The molecule has 2 aromatic rings. The molecule has 0 aliphatic heterocycles. The van der Waals surface area contributed by atoms with E-state index in [0.717, 1.165) is 24.8 Å². The van der Waals surface area contributed by atoms with Gasteiger partial charge in [-0.2, -0.15) is 0 Å². The molecule has 0 aromatic heterocycles. The van der Waals surface area contributed by atoms with Crippen molar-refractivity contribution in [1.29, 1.82) is 0 Å². The van der Waals surface area contributed by atoms with E-state index in [9.17, 15) is 14.7 Å². The van der Waals surface area contributed by atoms with Crippen LogP contribution in [0.15, 0.2) is 48.6 Å². The third-order valence-electron chi connectivity index (χ3n) is 4.67. The maximum atomic E-state index is 12.2. The van der Waals surface area contributed by atoms with Crippen LogP contribution in [0.1, 0.15) is 43.7 Å². The van der Waals surface area contributed by atoms with Crippen molar-refractivity contribution in [2.75, 3.05) is 20.8 Å². The summed E-state index contributed by atoms with van der Waals surface area (Å²) in [5.74, 6) is 0.968. The maximum Gasteiger partial charge on any atom is 0.163 e. The molecule has 1 N–H and O–H groups in total. The van der Waals surface area contributed by atoms with Gasteiger partial charge in [0.25, 0.3) is 0 Å². The first kappa shape index (κ1) is 24.7. The Hall–Kier alpha value is -3.54. The Morgan fingerprint density at radius 1 is 0.844 bits per heavy atom. The van der Waals surface area contributed by atoms with Crippen LogP contribution < -0.4 is 14.2 Å². The largest absolute Gasteiger partial charge is 0.504 e. The van der Waals surface area contributed by atoms with Crippen molar-refractivity contribution in [3.8, 4) is 23.0 Å². The van der Waals surface area contributed by atoms with Crippen LogP contribution in [0.25, 0.3) is 12.2 Å². The number of ether oxygens (including phenoxy) is 3. The lowest BCUT2D eigenvalue weighted by atomic mass is 10.1. The Balaban J connectivity index is 1.92. The van der Waals surface area contributed by atoms with E-state index >= 15 is 0 Å². The normalized spacial score (nSPS) is 11.1. The van der Waals surface area contributed by atoms with Gasteiger partial charge in [0, 0.05) is 0 Å². The fourth-order valence-corrected chi connectivity index (χ4v) is 2.91. The fraction of sp³-hybridized carbons (Fsp3) is 0.308. The minimum Gasteiger partial charge on any atom is -0.504 e. The lowest BCUT2D eigenvalue weighted by molar-refractivity contribution is -0.121. The number of phenolic OH excluding ortho intramolecular Hbond substituents is 1. The molecule has 0 spiro atoms. The molecule has 2 aromatic carbocycles. The summed E-state index contributed by atoms with van der Waals surface area (Å²) in [5, 5.41) is 9.61. The molecule has 0 fully saturated rings. The number of unbranched alkanes of at least 4 members (excludes halogenated alkanes) is 2. The SMILES string of the molecule is CCCCCOc1ccc(/C=C/C(=O)CC(=O)/C=C/c2ccc(O)c(OC)c2)cc1OC. The summed E-state index contributed by atoms with van der Waals surface area (Å²) in [4.78, 5) is 24.2. The third kappa shape index (κ3) is 7.95. The number of carbonyl (C=O) groups is 2. The molecule has 0 aliphatic carbocycles. The number of carbonyl (C=O) groups excluding carboxylic acids is 2. The van der Waals surface area contributed by atoms with Gasteiger partial charge in [0.2, 0.25) is 0 Å². The molecule has 0 aliphatic rings. The van der Waals surface area contributed by atoms with Gasteiger partial charge in [-0.15, -0.1) is 0 Å². The highest BCUT2D eigenvalue weighted by molar-refractivity contribution is 6.10. The van der Waals surface area contributed by atoms with Crippen molar-refractivity contribution in [3.63, 3.8) is 0 Å². The van der Waals surface area contributed by atoms with Crippen LogP contribution in [0, 0.1) is 0 Å². The van der Waals surface area contributed by atoms with Crippen LogP contribution in [0.5, 0.6) is 23.0 Å². The summed E-state index contributed by atoms with van der Waals surface area (Å²) in [6, 6.07) is 10.2. The van der Waals surface area contributed by atoms with E-state index in [-0.39, 0.29) is 23.7 Å². The van der Waals surface area contributed by atoms with Crippen molar-refractivity contribution in [3.05, 3.63) is 59.7 Å². The van der Waals surface area contributed by atoms with Gasteiger partial charge in [-0.05, 0) is 54.0 Å². The smallest absolute Gasteiger partial charge is 0.163 e. The quantitative estimate of drug-likeness (QED) is 0.262. The number of benzene rings is 2. The summed E-state index contributed by atoms with van der Waals surface area (Å²) >= 11 is 0. The number of allylic oxidation sites excluding steroid dienone is 2. The molecule has 0 atom stereocenters. The number of hydrogen-bond acceptors (Lipinski definition) is 6. The zero-order chi connectivity index (χ0) is 23.3. The van der Waals surface area contributed by atoms with Crippen LogP contribution in [0.3, 0.4) is 0 Å². The van der Waals surface area contributed by atoms with Gasteiger partial charge in [-0.1, -0.05) is 44.1 Å². The molecule has 32 heavy (non-hydrogen) atoms. The first-order chi connectivity index (χ1) is 15.5. The van der Waals surface area contributed by atoms with E-state index < -0.39 is 0 Å². The number of ketones is 2. The summed E-state index contributed by atoms with van der Waals surface area (Å²) in [6.07, 6.45) is 8.93. The van der Waals surface area contributed by atoms with Gasteiger partial charge in [0.05, 0.1) is 27.2 Å². The van der Waals surface area contributed by atoms with Crippen LogP contribution in [-0.2, 0) is 9.59 Å². The lowest BCUT2D eigenvalue weighted by Gasteiger charge is -2.11. The summed E-state index contributed by atoms with van der Waals surface area (Å²) in [7, 11) is 3.02. The Morgan fingerprint density at radius 3 is 2.03 bits per heavy atom. The Labute approximate surface area is 189 Å². The predicted octanol–water partition coefficient (Wildman–Crippen LogP) is 5.23. The minimum absolute atomic E-state index is 0.0176. The summed E-state index contributed by atoms with van der Waals surface area (Å²) < 4.78 is 16.2. The van der Waals surface area contributed by atoms with Crippen LogP contribution in [0.2, 0.25) is 0 Å². The second kappa shape index (κ2) is 13.0. The second-order valence-electron chi connectivity index (χ2n) is 7.17. The van der Waals surface area contributed by atoms with Crippen molar-refractivity contribution in [1.82, 2.24) is 0 Å². The Bertz CT molecular complexity index is 974. The average Bonchev–Trinajstić information content (AvgIpc) is 2.80. The topological polar surface area (TPSA) is 82.1 Å². The van der Waals surface area contributed by atoms with Crippen molar-refractivity contribution in [2.24, 2.45) is 0 Å². The average molecular weight is 439 g/mol.